The number of non-ortho nitro benzene ring substituents is 1. The van der Waals surface area contributed by atoms with Gasteiger partial charge in [-0.05, 0) is 42.0 Å². The van der Waals surface area contributed by atoms with E-state index in [4.69, 9.17) is 17.0 Å². The van der Waals surface area contributed by atoms with Crippen LogP contribution in [0.1, 0.15) is 15.9 Å². The van der Waals surface area contributed by atoms with Gasteiger partial charge in [-0.25, -0.2) is 0 Å². The summed E-state index contributed by atoms with van der Waals surface area (Å²) in [5, 5.41) is 16.3. The average molecular weight is 407 g/mol. The standard InChI is InChI=1S/C21H17N3O4S/c25-20(16-9-11-18(12-10-16)24(26)27)23-21(29)22-17-7-4-8-19(13-17)28-14-15-5-2-1-3-6-15/h1-13H,14H2,(H2,22,23,25,29). The lowest BCUT2D eigenvalue weighted by atomic mass is 10.2. The van der Waals surface area contributed by atoms with Gasteiger partial charge in [-0.1, -0.05) is 36.4 Å². The van der Waals surface area contributed by atoms with Gasteiger partial charge >= 0.3 is 0 Å². The first kappa shape index (κ1) is 20.0. The molecule has 29 heavy (non-hydrogen) atoms. The number of benzene rings is 3. The number of thiocarbonyl (C=S) groups is 1. The molecule has 0 aliphatic carbocycles. The van der Waals surface area contributed by atoms with E-state index < -0.39 is 10.8 Å². The quantitative estimate of drug-likeness (QED) is 0.359. The second kappa shape index (κ2) is 9.43. The molecule has 0 bridgehead atoms. The minimum Gasteiger partial charge on any atom is -0.489 e. The van der Waals surface area contributed by atoms with Crippen molar-refractivity contribution in [3.05, 3.63) is 100 Å². The van der Waals surface area contributed by atoms with Crippen molar-refractivity contribution in [1.29, 1.82) is 0 Å². The fourth-order valence-electron chi connectivity index (χ4n) is 2.48. The molecule has 3 aromatic carbocycles. The predicted octanol–water partition coefficient (Wildman–Crippen LogP) is 4.30. The topological polar surface area (TPSA) is 93.5 Å². The van der Waals surface area contributed by atoms with Gasteiger partial charge in [0.25, 0.3) is 11.6 Å². The van der Waals surface area contributed by atoms with Crippen molar-refractivity contribution >= 4 is 34.6 Å². The summed E-state index contributed by atoms with van der Waals surface area (Å²) in [4.78, 5) is 22.4. The Balaban J connectivity index is 1.56. The molecule has 0 radical (unpaired) electrons. The number of nitro groups is 1. The zero-order chi connectivity index (χ0) is 20.6. The lowest BCUT2D eigenvalue weighted by molar-refractivity contribution is -0.384. The molecular formula is C21H17N3O4S. The number of nitro benzene ring substituents is 1. The molecule has 0 unspecified atom stereocenters. The van der Waals surface area contributed by atoms with Crippen LogP contribution in [0.2, 0.25) is 0 Å². The molecule has 0 aliphatic heterocycles. The third kappa shape index (κ3) is 5.85. The third-order valence-electron chi connectivity index (χ3n) is 3.91. The number of rotatable bonds is 6. The minimum atomic E-state index is -0.527. The Labute approximate surface area is 172 Å². The van der Waals surface area contributed by atoms with Gasteiger partial charge in [0.05, 0.1) is 4.92 Å². The van der Waals surface area contributed by atoms with Gasteiger partial charge in [-0.2, -0.15) is 0 Å². The molecule has 8 heteroatoms. The van der Waals surface area contributed by atoms with Crippen molar-refractivity contribution in [1.82, 2.24) is 5.32 Å². The van der Waals surface area contributed by atoms with E-state index in [2.05, 4.69) is 10.6 Å². The Hall–Kier alpha value is -3.78. The van der Waals surface area contributed by atoms with E-state index in [0.29, 0.717) is 18.0 Å². The van der Waals surface area contributed by atoms with Crippen LogP contribution in [0.5, 0.6) is 5.75 Å². The van der Waals surface area contributed by atoms with Crippen molar-refractivity contribution in [3.8, 4) is 5.75 Å². The van der Waals surface area contributed by atoms with Crippen LogP contribution in [-0.2, 0) is 6.61 Å². The Morgan fingerprint density at radius 3 is 2.41 bits per heavy atom. The maximum atomic E-state index is 12.2. The maximum absolute atomic E-state index is 12.2. The van der Waals surface area contributed by atoms with E-state index in [0.717, 1.165) is 5.56 Å². The highest BCUT2D eigenvalue weighted by molar-refractivity contribution is 7.80. The molecular weight excluding hydrogens is 390 g/mol. The molecule has 2 N–H and O–H groups in total. The highest BCUT2D eigenvalue weighted by atomic mass is 32.1. The molecule has 0 saturated heterocycles. The highest BCUT2D eigenvalue weighted by Crippen LogP contribution is 2.19. The van der Waals surface area contributed by atoms with E-state index in [1.54, 1.807) is 12.1 Å². The van der Waals surface area contributed by atoms with Crippen LogP contribution in [-0.4, -0.2) is 15.9 Å². The van der Waals surface area contributed by atoms with Crippen LogP contribution < -0.4 is 15.4 Å². The summed E-state index contributed by atoms with van der Waals surface area (Å²) >= 11 is 5.17. The van der Waals surface area contributed by atoms with Crippen LogP contribution >= 0.6 is 12.2 Å². The van der Waals surface area contributed by atoms with Gasteiger partial charge in [0.1, 0.15) is 12.4 Å². The lowest BCUT2D eigenvalue weighted by Gasteiger charge is -2.11. The fraction of sp³-hybridized carbons (Fsp3) is 0.0476. The Bertz CT molecular complexity index is 1020. The Morgan fingerprint density at radius 1 is 1.00 bits per heavy atom. The number of carbonyl (C=O) groups excluding carboxylic acids is 1. The van der Waals surface area contributed by atoms with E-state index in [1.165, 1.54) is 24.3 Å². The van der Waals surface area contributed by atoms with Crippen LogP contribution in [0.4, 0.5) is 11.4 Å². The first-order chi connectivity index (χ1) is 14.0. The monoisotopic (exact) mass is 407 g/mol. The normalized spacial score (nSPS) is 10.1. The molecule has 0 aromatic heterocycles. The lowest BCUT2D eigenvalue weighted by Crippen LogP contribution is -2.34. The predicted molar refractivity (Wildman–Crippen MR) is 114 cm³/mol. The van der Waals surface area contributed by atoms with Crippen molar-refractivity contribution in [2.24, 2.45) is 0 Å². The molecule has 0 aliphatic rings. The molecule has 3 aromatic rings. The van der Waals surface area contributed by atoms with Gasteiger partial charge in [-0.3, -0.25) is 20.2 Å². The number of nitrogens with one attached hydrogen (secondary N) is 2. The number of ether oxygens (including phenoxy) is 1. The van der Waals surface area contributed by atoms with Crippen LogP contribution in [0.25, 0.3) is 0 Å². The van der Waals surface area contributed by atoms with E-state index >= 15 is 0 Å². The van der Waals surface area contributed by atoms with Gasteiger partial charge in [0, 0.05) is 29.4 Å². The summed E-state index contributed by atoms with van der Waals surface area (Å²) < 4.78 is 5.77. The Morgan fingerprint density at radius 2 is 1.72 bits per heavy atom. The van der Waals surface area contributed by atoms with Gasteiger partial charge in [0.2, 0.25) is 0 Å². The van der Waals surface area contributed by atoms with Crippen molar-refractivity contribution < 1.29 is 14.5 Å². The smallest absolute Gasteiger partial charge is 0.269 e. The number of anilines is 1. The SMILES string of the molecule is O=C(NC(=S)Nc1cccc(OCc2ccccc2)c1)c1ccc([N+](=O)[O-])cc1. The number of hydrogen-bond donors (Lipinski definition) is 2. The van der Waals surface area contributed by atoms with E-state index in [-0.39, 0.29) is 16.4 Å². The van der Waals surface area contributed by atoms with Crippen molar-refractivity contribution in [2.45, 2.75) is 6.61 Å². The third-order valence-corrected chi connectivity index (χ3v) is 4.11. The molecule has 146 valence electrons. The number of nitrogens with zero attached hydrogens (tertiary/aromatic N) is 1. The second-order valence-electron chi connectivity index (χ2n) is 6.01. The molecule has 0 heterocycles. The zero-order valence-electron chi connectivity index (χ0n) is 15.2. The highest BCUT2D eigenvalue weighted by Gasteiger charge is 2.11. The van der Waals surface area contributed by atoms with Crippen LogP contribution in [0.15, 0.2) is 78.9 Å². The molecule has 1 amide bonds. The molecule has 0 atom stereocenters. The van der Waals surface area contributed by atoms with Gasteiger partial charge < -0.3 is 10.1 Å². The molecule has 0 saturated carbocycles. The molecule has 0 spiro atoms. The first-order valence-electron chi connectivity index (χ1n) is 8.65. The molecule has 0 fully saturated rings. The van der Waals surface area contributed by atoms with Gasteiger partial charge in [-0.15, -0.1) is 0 Å². The van der Waals surface area contributed by atoms with Gasteiger partial charge in [0.15, 0.2) is 5.11 Å². The minimum absolute atomic E-state index is 0.0884. The maximum Gasteiger partial charge on any atom is 0.269 e. The van der Waals surface area contributed by atoms with Crippen molar-refractivity contribution in [3.63, 3.8) is 0 Å². The zero-order valence-corrected chi connectivity index (χ0v) is 16.0. The number of amides is 1. The Kier molecular flexibility index (Phi) is 6.49. The average Bonchev–Trinajstić information content (AvgIpc) is 2.73. The number of hydrogen-bond acceptors (Lipinski definition) is 5. The summed E-state index contributed by atoms with van der Waals surface area (Å²) in [5.74, 6) is 0.192. The summed E-state index contributed by atoms with van der Waals surface area (Å²) in [7, 11) is 0. The van der Waals surface area contributed by atoms with E-state index in [1.807, 2.05) is 42.5 Å². The number of carbonyl (C=O) groups is 1. The second-order valence-corrected chi connectivity index (χ2v) is 6.42. The molecule has 3 rings (SSSR count). The molecule has 7 nitrogen and oxygen atoms in total. The fourth-order valence-corrected chi connectivity index (χ4v) is 2.69. The van der Waals surface area contributed by atoms with Crippen LogP contribution in [0, 0.1) is 10.1 Å². The summed E-state index contributed by atoms with van der Waals surface area (Å²) in [6, 6.07) is 22.3. The summed E-state index contributed by atoms with van der Waals surface area (Å²) in [5.41, 5.74) is 1.88. The summed E-state index contributed by atoms with van der Waals surface area (Å²) in [6.45, 7) is 0.436. The van der Waals surface area contributed by atoms with E-state index in [9.17, 15) is 14.9 Å². The van der Waals surface area contributed by atoms with Crippen LogP contribution in [0.3, 0.4) is 0 Å². The first-order valence-corrected chi connectivity index (χ1v) is 9.06. The largest absolute Gasteiger partial charge is 0.489 e. The summed E-state index contributed by atoms with van der Waals surface area (Å²) in [6.07, 6.45) is 0. The van der Waals surface area contributed by atoms with Crippen molar-refractivity contribution in [2.75, 3.05) is 5.32 Å².